The number of pyridine rings is 1. The zero-order valence-electron chi connectivity index (χ0n) is 12.5. The van der Waals surface area contributed by atoms with Gasteiger partial charge in [-0.1, -0.05) is 29.8 Å². The molecule has 0 aliphatic heterocycles. The second-order valence-electron chi connectivity index (χ2n) is 5.37. The Kier molecular flexibility index (Phi) is 3.55. The number of carbonyl (C=O) groups is 1. The van der Waals surface area contributed by atoms with Crippen LogP contribution in [-0.2, 0) is 0 Å². The highest BCUT2D eigenvalue weighted by molar-refractivity contribution is 6.30. The summed E-state index contributed by atoms with van der Waals surface area (Å²) in [6.07, 6.45) is 1.72. The summed E-state index contributed by atoms with van der Waals surface area (Å²) < 4.78 is 0. The zero-order valence-corrected chi connectivity index (χ0v) is 13.3. The van der Waals surface area contributed by atoms with Gasteiger partial charge in [-0.3, -0.25) is 5.32 Å². The normalized spacial score (nSPS) is 10.9. The lowest BCUT2D eigenvalue weighted by Gasteiger charge is -2.07. The average molecular weight is 337 g/mol. The Hall–Kier alpha value is -3.05. The van der Waals surface area contributed by atoms with Crippen molar-refractivity contribution < 1.29 is 4.79 Å². The van der Waals surface area contributed by atoms with Crippen molar-refractivity contribution in [1.29, 1.82) is 0 Å². The number of para-hydroxylation sites is 1. The fourth-order valence-electron chi connectivity index (χ4n) is 2.63. The summed E-state index contributed by atoms with van der Waals surface area (Å²) in [5, 5.41) is 8.21. The fraction of sp³-hybridized carbons (Fsp3) is 0. The topological polar surface area (TPSA) is 69.8 Å². The van der Waals surface area contributed by atoms with Gasteiger partial charge >= 0.3 is 6.03 Å². The SMILES string of the molecule is O=C(Nc1ccc(Cl)cc1)Nc1cc2c(cn1)[nH]c1ccccc12. The molecular formula is C18H13ClN4O. The van der Waals surface area contributed by atoms with E-state index in [0.29, 0.717) is 16.5 Å². The van der Waals surface area contributed by atoms with Crippen LogP contribution in [0, 0.1) is 0 Å². The van der Waals surface area contributed by atoms with E-state index < -0.39 is 0 Å². The van der Waals surface area contributed by atoms with Gasteiger partial charge in [0, 0.05) is 27.0 Å². The molecule has 5 nitrogen and oxygen atoms in total. The van der Waals surface area contributed by atoms with Gasteiger partial charge < -0.3 is 10.3 Å². The van der Waals surface area contributed by atoms with E-state index in [0.717, 1.165) is 21.8 Å². The van der Waals surface area contributed by atoms with Crippen LogP contribution in [0.2, 0.25) is 5.02 Å². The van der Waals surface area contributed by atoms with E-state index in [1.807, 2.05) is 30.3 Å². The number of amides is 2. The number of aromatic amines is 1. The highest BCUT2D eigenvalue weighted by atomic mass is 35.5. The number of nitrogens with one attached hydrogen (secondary N) is 3. The molecule has 0 spiro atoms. The Bertz CT molecular complexity index is 1040. The number of benzene rings is 2. The van der Waals surface area contributed by atoms with Crippen LogP contribution in [0.25, 0.3) is 21.8 Å². The van der Waals surface area contributed by atoms with Crippen molar-refractivity contribution in [1.82, 2.24) is 9.97 Å². The Morgan fingerprint density at radius 2 is 1.75 bits per heavy atom. The van der Waals surface area contributed by atoms with Gasteiger partial charge in [0.2, 0.25) is 0 Å². The van der Waals surface area contributed by atoms with Crippen LogP contribution in [0.1, 0.15) is 0 Å². The highest BCUT2D eigenvalue weighted by Crippen LogP contribution is 2.26. The second-order valence-corrected chi connectivity index (χ2v) is 5.81. The maximum Gasteiger partial charge on any atom is 0.324 e. The van der Waals surface area contributed by atoms with Gasteiger partial charge in [-0.2, -0.15) is 0 Å². The van der Waals surface area contributed by atoms with Crippen molar-refractivity contribution in [2.75, 3.05) is 10.6 Å². The molecule has 2 heterocycles. The number of aromatic nitrogens is 2. The number of nitrogens with zero attached hydrogens (tertiary/aromatic N) is 1. The van der Waals surface area contributed by atoms with Crippen molar-refractivity contribution >= 4 is 50.9 Å². The third-order valence-corrected chi connectivity index (χ3v) is 3.99. The number of halogens is 1. The third kappa shape index (κ3) is 2.77. The largest absolute Gasteiger partial charge is 0.353 e. The van der Waals surface area contributed by atoms with Gasteiger partial charge in [0.25, 0.3) is 0 Å². The number of hydrogen-bond acceptors (Lipinski definition) is 2. The Morgan fingerprint density at radius 3 is 2.58 bits per heavy atom. The predicted octanol–water partition coefficient (Wildman–Crippen LogP) is 5.01. The molecular weight excluding hydrogens is 324 g/mol. The summed E-state index contributed by atoms with van der Waals surface area (Å²) in [5.41, 5.74) is 2.63. The molecule has 0 aliphatic carbocycles. The fourth-order valence-corrected chi connectivity index (χ4v) is 2.76. The third-order valence-electron chi connectivity index (χ3n) is 3.73. The van der Waals surface area contributed by atoms with Crippen LogP contribution >= 0.6 is 11.6 Å². The number of rotatable bonds is 2. The smallest absolute Gasteiger partial charge is 0.324 e. The molecule has 6 heteroatoms. The van der Waals surface area contributed by atoms with Crippen LogP contribution < -0.4 is 10.6 Å². The summed E-state index contributed by atoms with van der Waals surface area (Å²) in [4.78, 5) is 19.7. The highest BCUT2D eigenvalue weighted by Gasteiger charge is 2.08. The molecule has 2 aromatic carbocycles. The molecule has 24 heavy (non-hydrogen) atoms. The molecule has 0 saturated carbocycles. The summed E-state index contributed by atoms with van der Waals surface area (Å²) in [6.45, 7) is 0. The minimum absolute atomic E-state index is 0.357. The van der Waals surface area contributed by atoms with Crippen LogP contribution in [0.15, 0.2) is 60.8 Å². The van der Waals surface area contributed by atoms with E-state index in [4.69, 9.17) is 11.6 Å². The lowest BCUT2D eigenvalue weighted by molar-refractivity contribution is 0.262. The van der Waals surface area contributed by atoms with E-state index in [2.05, 4.69) is 20.6 Å². The monoisotopic (exact) mass is 336 g/mol. The van der Waals surface area contributed by atoms with Gasteiger partial charge in [0.15, 0.2) is 0 Å². The molecule has 0 saturated heterocycles. The number of hydrogen-bond donors (Lipinski definition) is 3. The number of fused-ring (bicyclic) bond motifs is 3. The van der Waals surface area contributed by atoms with Crippen LogP contribution in [-0.4, -0.2) is 16.0 Å². The van der Waals surface area contributed by atoms with Crippen molar-refractivity contribution in [3.05, 3.63) is 65.8 Å². The van der Waals surface area contributed by atoms with Gasteiger partial charge in [-0.05, 0) is 36.4 Å². The molecule has 2 amide bonds. The standard InChI is InChI=1S/C18H13ClN4O/c19-11-5-7-12(8-6-11)21-18(24)23-17-9-14-13-3-1-2-4-15(13)22-16(14)10-20-17/h1-10,22H,(H2,20,21,23,24). The Labute approximate surface area is 142 Å². The summed E-state index contributed by atoms with van der Waals surface area (Å²) >= 11 is 5.83. The average Bonchev–Trinajstić information content (AvgIpc) is 2.95. The Morgan fingerprint density at radius 1 is 0.958 bits per heavy atom. The van der Waals surface area contributed by atoms with E-state index in [9.17, 15) is 4.79 Å². The van der Waals surface area contributed by atoms with Crippen LogP contribution in [0.3, 0.4) is 0 Å². The molecule has 0 radical (unpaired) electrons. The predicted molar refractivity (Wildman–Crippen MR) is 97.7 cm³/mol. The minimum Gasteiger partial charge on any atom is -0.353 e. The maximum absolute atomic E-state index is 12.1. The van der Waals surface area contributed by atoms with Gasteiger partial charge in [0.1, 0.15) is 5.82 Å². The minimum atomic E-state index is -0.357. The molecule has 0 aliphatic rings. The maximum atomic E-state index is 12.1. The van der Waals surface area contributed by atoms with Gasteiger partial charge in [-0.25, -0.2) is 9.78 Å². The molecule has 4 aromatic rings. The number of anilines is 2. The van der Waals surface area contributed by atoms with E-state index in [-0.39, 0.29) is 6.03 Å². The van der Waals surface area contributed by atoms with Gasteiger partial charge in [0.05, 0.1) is 11.7 Å². The van der Waals surface area contributed by atoms with Crippen molar-refractivity contribution in [3.63, 3.8) is 0 Å². The molecule has 0 unspecified atom stereocenters. The lowest BCUT2D eigenvalue weighted by atomic mass is 10.2. The first-order valence-corrected chi connectivity index (χ1v) is 7.77. The number of carbonyl (C=O) groups excluding carboxylic acids is 1. The summed E-state index contributed by atoms with van der Waals surface area (Å²) in [6, 6.07) is 16.4. The van der Waals surface area contributed by atoms with E-state index in [1.54, 1.807) is 30.5 Å². The molecule has 0 atom stereocenters. The van der Waals surface area contributed by atoms with E-state index in [1.165, 1.54) is 0 Å². The first-order chi connectivity index (χ1) is 11.7. The summed E-state index contributed by atoms with van der Waals surface area (Å²) in [5.74, 6) is 0.485. The Balaban J connectivity index is 1.58. The molecule has 2 aromatic heterocycles. The summed E-state index contributed by atoms with van der Waals surface area (Å²) in [7, 11) is 0. The molecule has 4 rings (SSSR count). The first kappa shape index (κ1) is 14.5. The second kappa shape index (κ2) is 5.86. The zero-order chi connectivity index (χ0) is 16.5. The van der Waals surface area contributed by atoms with Crippen molar-refractivity contribution in [2.45, 2.75) is 0 Å². The quantitative estimate of drug-likeness (QED) is 0.481. The van der Waals surface area contributed by atoms with Crippen molar-refractivity contribution in [3.8, 4) is 0 Å². The number of urea groups is 1. The molecule has 3 N–H and O–H groups in total. The van der Waals surface area contributed by atoms with Crippen molar-refractivity contribution in [2.24, 2.45) is 0 Å². The van der Waals surface area contributed by atoms with E-state index >= 15 is 0 Å². The van der Waals surface area contributed by atoms with Crippen LogP contribution in [0.5, 0.6) is 0 Å². The molecule has 0 bridgehead atoms. The first-order valence-electron chi connectivity index (χ1n) is 7.39. The lowest BCUT2D eigenvalue weighted by Crippen LogP contribution is -2.19. The molecule has 0 fully saturated rings. The molecule has 118 valence electrons. The van der Waals surface area contributed by atoms with Gasteiger partial charge in [-0.15, -0.1) is 0 Å². The van der Waals surface area contributed by atoms with Crippen LogP contribution in [0.4, 0.5) is 16.3 Å². The number of H-pyrrole nitrogens is 1.